The van der Waals surface area contributed by atoms with Crippen molar-refractivity contribution in [2.75, 3.05) is 5.32 Å². The molecule has 0 bridgehead atoms. The van der Waals surface area contributed by atoms with Crippen LogP contribution in [0, 0.1) is 17.8 Å². The monoisotopic (exact) mass is 489 g/mol. The number of hydrogen-bond acceptors (Lipinski definition) is 5. The summed E-state index contributed by atoms with van der Waals surface area (Å²) in [6.45, 7) is 9.72. The molecular weight excluding hydrogens is 450 g/mol. The van der Waals surface area contributed by atoms with E-state index >= 15 is 0 Å². The minimum Gasteiger partial charge on any atom is -0.477 e. The molecule has 192 valence electrons. The summed E-state index contributed by atoms with van der Waals surface area (Å²) >= 11 is 0. The standard InChI is InChI=1S/C29H39N5O2/c1-17(2)22-12-13-30-24(14-22)28-33-23-15-25(29(35)36)32-27(31-19(4)21-6-5-7-21)26(23)34(28)16-20-10-8-18(3)9-11-20/h12-15,17-21H,5-11,16H2,1-4H3,(H,31,32)(H,35,36)/t18-,19-,20-/m1/s1. The highest BCUT2D eigenvalue weighted by molar-refractivity contribution is 5.96. The molecule has 0 aliphatic heterocycles. The number of carboxylic acid groups (broad SMARTS) is 1. The van der Waals surface area contributed by atoms with Crippen molar-refractivity contribution < 1.29 is 9.90 Å². The van der Waals surface area contributed by atoms with Gasteiger partial charge in [-0.15, -0.1) is 0 Å². The van der Waals surface area contributed by atoms with Gasteiger partial charge in [-0.1, -0.05) is 40.0 Å². The molecule has 0 aromatic carbocycles. The van der Waals surface area contributed by atoms with Crippen molar-refractivity contribution in [1.82, 2.24) is 19.5 Å². The van der Waals surface area contributed by atoms with Gasteiger partial charge < -0.3 is 15.0 Å². The maximum atomic E-state index is 12.0. The van der Waals surface area contributed by atoms with E-state index < -0.39 is 5.97 Å². The fraction of sp³-hybridized carbons (Fsp3) is 0.586. The molecule has 2 aliphatic carbocycles. The SMILES string of the molecule is CC(C)c1ccnc(-c2nc3cc(C(=O)O)nc(N[C@H](C)C4CCC4)c3n2C[C@H]2CC[C@H](C)CC2)c1. The molecule has 3 aromatic rings. The Labute approximate surface area is 213 Å². The third-order valence-electron chi connectivity index (χ3n) is 8.42. The average molecular weight is 490 g/mol. The quantitative estimate of drug-likeness (QED) is 0.364. The highest BCUT2D eigenvalue weighted by atomic mass is 16.4. The average Bonchev–Trinajstić information content (AvgIpc) is 3.18. The van der Waals surface area contributed by atoms with Crippen LogP contribution in [0.3, 0.4) is 0 Å². The topological polar surface area (TPSA) is 92.9 Å². The van der Waals surface area contributed by atoms with Crippen LogP contribution in [-0.2, 0) is 6.54 Å². The first kappa shape index (κ1) is 24.7. The van der Waals surface area contributed by atoms with Crippen molar-refractivity contribution in [3.8, 4) is 11.5 Å². The lowest BCUT2D eigenvalue weighted by molar-refractivity contribution is 0.0691. The molecular formula is C29H39N5O2. The lowest BCUT2D eigenvalue weighted by Crippen LogP contribution is -2.31. The predicted molar refractivity (Wildman–Crippen MR) is 143 cm³/mol. The van der Waals surface area contributed by atoms with Crippen LogP contribution < -0.4 is 5.32 Å². The molecule has 0 radical (unpaired) electrons. The summed E-state index contributed by atoms with van der Waals surface area (Å²) in [5.74, 6) is 2.71. The molecule has 2 saturated carbocycles. The molecule has 5 rings (SSSR count). The maximum Gasteiger partial charge on any atom is 0.354 e. The maximum absolute atomic E-state index is 12.0. The number of carboxylic acids is 1. The van der Waals surface area contributed by atoms with Crippen molar-refractivity contribution in [2.45, 2.75) is 91.1 Å². The zero-order valence-electron chi connectivity index (χ0n) is 22.0. The largest absolute Gasteiger partial charge is 0.477 e. The number of anilines is 1. The Bertz CT molecular complexity index is 1240. The van der Waals surface area contributed by atoms with E-state index in [1.807, 2.05) is 6.20 Å². The number of aromatic nitrogens is 4. The van der Waals surface area contributed by atoms with E-state index in [1.165, 1.54) is 50.5 Å². The Morgan fingerprint density at radius 3 is 2.50 bits per heavy atom. The van der Waals surface area contributed by atoms with Crippen molar-refractivity contribution in [2.24, 2.45) is 17.8 Å². The first-order valence-electron chi connectivity index (χ1n) is 13.7. The van der Waals surface area contributed by atoms with Crippen molar-refractivity contribution in [3.05, 3.63) is 35.7 Å². The molecule has 7 heteroatoms. The predicted octanol–water partition coefficient (Wildman–Crippen LogP) is 6.74. The van der Waals surface area contributed by atoms with Gasteiger partial charge in [-0.25, -0.2) is 14.8 Å². The molecule has 3 heterocycles. The Morgan fingerprint density at radius 2 is 1.86 bits per heavy atom. The summed E-state index contributed by atoms with van der Waals surface area (Å²) in [6.07, 6.45) is 10.4. The fourth-order valence-electron chi connectivity index (χ4n) is 5.71. The summed E-state index contributed by atoms with van der Waals surface area (Å²) in [7, 11) is 0. The molecule has 2 aliphatic rings. The number of nitrogens with zero attached hydrogens (tertiary/aromatic N) is 4. The van der Waals surface area contributed by atoms with Crippen LogP contribution in [0.2, 0.25) is 0 Å². The Balaban J connectivity index is 1.65. The van der Waals surface area contributed by atoms with E-state index in [0.717, 1.165) is 29.5 Å². The van der Waals surface area contributed by atoms with Crippen LogP contribution >= 0.6 is 0 Å². The zero-order valence-corrected chi connectivity index (χ0v) is 22.0. The number of nitrogens with one attached hydrogen (secondary N) is 1. The number of carbonyl (C=O) groups is 1. The van der Waals surface area contributed by atoms with Crippen molar-refractivity contribution in [1.29, 1.82) is 0 Å². The fourth-order valence-corrected chi connectivity index (χ4v) is 5.71. The smallest absolute Gasteiger partial charge is 0.354 e. The molecule has 0 unspecified atom stereocenters. The number of rotatable bonds is 8. The van der Waals surface area contributed by atoms with Gasteiger partial charge in [-0.05, 0) is 80.0 Å². The molecule has 0 amide bonds. The molecule has 1 atom stereocenters. The van der Waals surface area contributed by atoms with Gasteiger partial charge in [-0.3, -0.25) is 4.98 Å². The number of pyridine rings is 2. The molecule has 2 N–H and O–H groups in total. The number of aromatic carboxylic acids is 1. The second-order valence-corrected chi connectivity index (χ2v) is 11.5. The minimum absolute atomic E-state index is 0.0254. The van der Waals surface area contributed by atoms with Gasteiger partial charge in [-0.2, -0.15) is 0 Å². The molecule has 7 nitrogen and oxygen atoms in total. The summed E-state index contributed by atoms with van der Waals surface area (Å²) in [6, 6.07) is 6.02. The lowest BCUT2D eigenvalue weighted by atomic mass is 9.80. The minimum atomic E-state index is -1.03. The molecule has 3 aromatic heterocycles. The Kier molecular flexibility index (Phi) is 7.00. The van der Waals surface area contributed by atoms with Gasteiger partial charge in [0.1, 0.15) is 11.2 Å². The van der Waals surface area contributed by atoms with Gasteiger partial charge in [0, 0.05) is 18.8 Å². The number of hydrogen-bond donors (Lipinski definition) is 2. The van der Waals surface area contributed by atoms with E-state index in [2.05, 4.69) is 54.7 Å². The summed E-state index contributed by atoms with van der Waals surface area (Å²) in [5.41, 5.74) is 3.64. The van der Waals surface area contributed by atoms with Crippen LogP contribution in [0.4, 0.5) is 5.82 Å². The van der Waals surface area contributed by atoms with Gasteiger partial charge in [0.25, 0.3) is 0 Å². The van der Waals surface area contributed by atoms with E-state index in [-0.39, 0.29) is 11.7 Å². The van der Waals surface area contributed by atoms with E-state index in [9.17, 15) is 9.90 Å². The molecule has 0 spiro atoms. The molecule has 2 fully saturated rings. The summed E-state index contributed by atoms with van der Waals surface area (Å²) < 4.78 is 2.27. The van der Waals surface area contributed by atoms with Crippen LogP contribution in [0.5, 0.6) is 0 Å². The van der Waals surface area contributed by atoms with Gasteiger partial charge >= 0.3 is 5.97 Å². The third-order valence-corrected chi connectivity index (χ3v) is 8.42. The van der Waals surface area contributed by atoms with E-state index in [0.29, 0.717) is 29.1 Å². The number of imidazole rings is 1. The Morgan fingerprint density at radius 1 is 1.11 bits per heavy atom. The lowest BCUT2D eigenvalue weighted by Gasteiger charge is -2.32. The zero-order chi connectivity index (χ0) is 25.4. The van der Waals surface area contributed by atoms with Gasteiger partial charge in [0.05, 0.1) is 5.52 Å². The highest BCUT2D eigenvalue weighted by Crippen LogP contribution is 2.36. The van der Waals surface area contributed by atoms with E-state index in [1.54, 1.807) is 6.07 Å². The first-order chi connectivity index (χ1) is 17.3. The number of fused-ring (bicyclic) bond motifs is 1. The van der Waals surface area contributed by atoms with Crippen LogP contribution in [0.25, 0.3) is 22.6 Å². The molecule has 0 saturated heterocycles. The van der Waals surface area contributed by atoms with Crippen LogP contribution in [-0.4, -0.2) is 36.6 Å². The second kappa shape index (κ2) is 10.2. The molecule has 36 heavy (non-hydrogen) atoms. The highest BCUT2D eigenvalue weighted by Gasteiger charge is 2.28. The Hall–Kier alpha value is -2.96. The van der Waals surface area contributed by atoms with Crippen molar-refractivity contribution >= 4 is 22.8 Å². The van der Waals surface area contributed by atoms with Crippen molar-refractivity contribution in [3.63, 3.8) is 0 Å². The summed E-state index contributed by atoms with van der Waals surface area (Å²) in [4.78, 5) is 26.3. The van der Waals surface area contributed by atoms with Gasteiger partial charge in [0.2, 0.25) is 0 Å². The summed E-state index contributed by atoms with van der Waals surface area (Å²) in [5, 5.41) is 13.4. The first-order valence-corrected chi connectivity index (χ1v) is 13.7. The van der Waals surface area contributed by atoms with Crippen LogP contribution in [0.15, 0.2) is 24.4 Å². The second-order valence-electron chi connectivity index (χ2n) is 11.5. The van der Waals surface area contributed by atoms with Crippen LogP contribution in [0.1, 0.15) is 94.6 Å². The normalized spacial score (nSPS) is 21.5. The van der Waals surface area contributed by atoms with E-state index in [4.69, 9.17) is 9.97 Å². The third kappa shape index (κ3) is 4.97. The van der Waals surface area contributed by atoms with Gasteiger partial charge in [0.15, 0.2) is 17.3 Å².